The van der Waals surface area contributed by atoms with Crippen molar-refractivity contribution in [2.45, 2.75) is 13.8 Å². The summed E-state index contributed by atoms with van der Waals surface area (Å²) in [6, 6.07) is 6.57. The Kier molecular flexibility index (Phi) is 4.49. The Bertz CT molecular complexity index is 389. The van der Waals surface area contributed by atoms with Gasteiger partial charge >= 0.3 is 5.97 Å². The van der Waals surface area contributed by atoms with Gasteiger partial charge in [0.05, 0.1) is 34.0 Å². The number of nitrogens with zero attached hydrogens (tertiary/aromatic N) is 1. The van der Waals surface area contributed by atoms with E-state index in [0.717, 1.165) is 0 Å². The van der Waals surface area contributed by atoms with E-state index < -0.39 is 0 Å². The first kappa shape index (κ1) is 12.7. The number of ether oxygens (including phenoxy) is 1. The first-order chi connectivity index (χ1) is 7.56. The minimum atomic E-state index is -0.363. The summed E-state index contributed by atoms with van der Waals surface area (Å²) in [5, 5.41) is 0. The lowest BCUT2D eigenvalue weighted by molar-refractivity contribution is -0.115. The zero-order chi connectivity index (χ0) is 12.1. The smallest absolute Gasteiger partial charge is 0.338 e. The predicted molar refractivity (Wildman–Crippen MR) is 64.5 cm³/mol. The van der Waals surface area contributed by atoms with Crippen molar-refractivity contribution in [3.05, 3.63) is 29.8 Å². The molecule has 4 nitrogen and oxygen atoms in total. The van der Waals surface area contributed by atoms with Crippen LogP contribution in [-0.2, 0) is 9.53 Å². The zero-order valence-electron chi connectivity index (χ0n) is 9.07. The first-order valence-corrected chi connectivity index (χ1v) is 5.51. The quantitative estimate of drug-likeness (QED) is 0.633. The molecule has 0 unspecified atom stereocenters. The van der Waals surface area contributed by atoms with Crippen LogP contribution < -0.4 is 3.93 Å². The van der Waals surface area contributed by atoms with Crippen LogP contribution in [0.2, 0.25) is 0 Å². The average Bonchev–Trinajstić information content (AvgIpc) is 2.28. The number of esters is 1. The molecule has 1 aromatic rings. The molecule has 0 atom stereocenters. The van der Waals surface area contributed by atoms with Gasteiger partial charge in [-0.2, -0.15) is 0 Å². The van der Waals surface area contributed by atoms with Crippen LogP contribution in [-0.4, -0.2) is 18.5 Å². The number of rotatable bonds is 3. The van der Waals surface area contributed by atoms with Gasteiger partial charge in [-0.3, -0.25) is 4.79 Å². The van der Waals surface area contributed by atoms with Crippen molar-refractivity contribution < 1.29 is 14.3 Å². The van der Waals surface area contributed by atoms with Crippen molar-refractivity contribution in [2.75, 3.05) is 10.5 Å². The summed E-state index contributed by atoms with van der Waals surface area (Å²) in [6.07, 6.45) is 0. The molecule has 0 aliphatic carbocycles. The van der Waals surface area contributed by atoms with Gasteiger partial charge in [-0.25, -0.2) is 8.72 Å². The summed E-state index contributed by atoms with van der Waals surface area (Å²) < 4.78 is 6.17. The largest absolute Gasteiger partial charge is 0.462 e. The van der Waals surface area contributed by atoms with Gasteiger partial charge in [0.1, 0.15) is 0 Å². The molecule has 1 rings (SSSR count). The second-order valence-electron chi connectivity index (χ2n) is 3.07. The maximum Gasteiger partial charge on any atom is 0.338 e. The minimum absolute atomic E-state index is 0.135. The molecule has 0 bridgehead atoms. The first-order valence-electron chi connectivity index (χ1n) is 4.80. The molecule has 1 amide bonds. The third kappa shape index (κ3) is 3.06. The Morgan fingerprint density at radius 1 is 1.31 bits per heavy atom. The molecule has 0 radical (unpaired) electrons. The van der Waals surface area contributed by atoms with Crippen molar-refractivity contribution in [2.24, 2.45) is 0 Å². The highest BCUT2D eigenvalue weighted by Crippen LogP contribution is 2.19. The Morgan fingerprint density at radius 3 is 2.31 bits per heavy atom. The second-order valence-corrected chi connectivity index (χ2v) is 3.78. The van der Waals surface area contributed by atoms with E-state index in [1.807, 2.05) is 0 Å². The van der Waals surface area contributed by atoms with E-state index in [9.17, 15) is 9.59 Å². The van der Waals surface area contributed by atoms with Gasteiger partial charge in [-0.1, -0.05) is 0 Å². The van der Waals surface area contributed by atoms with Gasteiger partial charge in [0.25, 0.3) is 0 Å². The molecule has 86 valence electrons. The molecule has 0 N–H and O–H groups in total. The molecule has 16 heavy (non-hydrogen) atoms. The second kappa shape index (κ2) is 5.65. The molecular weight excluding hydrogens is 274 g/mol. The van der Waals surface area contributed by atoms with Crippen molar-refractivity contribution in [1.82, 2.24) is 0 Å². The van der Waals surface area contributed by atoms with E-state index in [-0.39, 0.29) is 11.9 Å². The molecule has 1 aromatic carbocycles. The van der Waals surface area contributed by atoms with Crippen molar-refractivity contribution >= 4 is 33.7 Å². The van der Waals surface area contributed by atoms with Crippen LogP contribution in [0.25, 0.3) is 0 Å². The van der Waals surface area contributed by atoms with Crippen LogP contribution in [0.3, 0.4) is 0 Å². The molecule has 0 saturated heterocycles. The third-order valence-corrected chi connectivity index (χ3v) is 2.79. The highest BCUT2D eigenvalue weighted by molar-refractivity contribution is 9.10. The summed E-state index contributed by atoms with van der Waals surface area (Å²) in [7, 11) is 0. The van der Waals surface area contributed by atoms with Gasteiger partial charge in [0.15, 0.2) is 0 Å². The van der Waals surface area contributed by atoms with E-state index in [4.69, 9.17) is 4.74 Å². The predicted octanol–water partition coefficient (Wildman–Crippen LogP) is 2.53. The SMILES string of the molecule is CCOC(=O)c1ccc(N(Br)C(C)=O)cc1. The summed E-state index contributed by atoms with van der Waals surface area (Å²) >= 11 is 3.11. The maximum atomic E-state index is 11.3. The fourth-order valence-electron chi connectivity index (χ4n) is 1.12. The lowest BCUT2D eigenvalue weighted by atomic mass is 10.2. The van der Waals surface area contributed by atoms with Gasteiger partial charge in [0, 0.05) is 6.92 Å². The van der Waals surface area contributed by atoms with E-state index >= 15 is 0 Å². The van der Waals surface area contributed by atoms with Crippen LogP contribution in [0.1, 0.15) is 24.2 Å². The molecule has 0 spiro atoms. The van der Waals surface area contributed by atoms with Crippen molar-refractivity contribution in [1.29, 1.82) is 0 Å². The van der Waals surface area contributed by atoms with Crippen LogP contribution in [0.4, 0.5) is 5.69 Å². The Hall–Kier alpha value is -1.36. The third-order valence-electron chi connectivity index (χ3n) is 1.88. The molecule has 5 heteroatoms. The maximum absolute atomic E-state index is 11.3. The van der Waals surface area contributed by atoms with Crippen molar-refractivity contribution in [3.63, 3.8) is 0 Å². The molecular formula is C11H12BrNO3. The summed E-state index contributed by atoms with van der Waals surface area (Å²) in [4.78, 5) is 22.4. The number of carbonyl (C=O) groups excluding carboxylic acids is 2. The van der Waals surface area contributed by atoms with Crippen LogP contribution in [0, 0.1) is 0 Å². The van der Waals surface area contributed by atoms with Gasteiger partial charge < -0.3 is 4.74 Å². The van der Waals surface area contributed by atoms with E-state index in [0.29, 0.717) is 17.9 Å². The lowest BCUT2D eigenvalue weighted by Gasteiger charge is -2.12. The van der Waals surface area contributed by atoms with Crippen molar-refractivity contribution in [3.8, 4) is 0 Å². The fourth-order valence-corrected chi connectivity index (χ4v) is 1.36. The van der Waals surface area contributed by atoms with E-state index in [1.165, 1.54) is 10.8 Å². The monoisotopic (exact) mass is 285 g/mol. The van der Waals surface area contributed by atoms with Gasteiger partial charge in [0.2, 0.25) is 5.91 Å². The summed E-state index contributed by atoms with van der Waals surface area (Å²) in [5.74, 6) is -0.498. The minimum Gasteiger partial charge on any atom is -0.462 e. The Balaban J connectivity index is 2.83. The standard InChI is InChI=1S/C11H12BrNO3/c1-3-16-11(15)9-4-6-10(7-5-9)13(12)8(2)14/h4-7H,3H2,1-2H3. The van der Waals surface area contributed by atoms with Crippen LogP contribution in [0.5, 0.6) is 0 Å². The number of hydrogen-bond donors (Lipinski definition) is 0. The average molecular weight is 286 g/mol. The molecule has 0 fully saturated rings. The normalized spacial score (nSPS) is 9.69. The van der Waals surface area contributed by atoms with Gasteiger partial charge in [-0.05, 0) is 31.2 Å². The molecule has 0 aliphatic heterocycles. The Labute approximate surface area is 103 Å². The lowest BCUT2D eigenvalue weighted by Crippen LogP contribution is -2.15. The Morgan fingerprint density at radius 2 is 1.88 bits per heavy atom. The number of benzene rings is 1. The molecule has 0 saturated carbocycles. The number of amides is 1. The fraction of sp³-hybridized carbons (Fsp3) is 0.273. The molecule has 0 aliphatic rings. The highest BCUT2D eigenvalue weighted by atomic mass is 79.9. The molecule has 0 aromatic heterocycles. The number of hydrogen-bond acceptors (Lipinski definition) is 3. The van der Waals surface area contributed by atoms with Gasteiger partial charge in [-0.15, -0.1) is 0 Å². The molecule has 0 heterocycles. The van der Waals surface area contributed by atoms with Crippen LogP contribution >= 0.6 is 16.1 Å². The zero-order valence-corrected chi connectivity index (χ0v) is 10.7. The van der Waals surface area contributed by atoms with E-state index in [1.54, 1.807) is 31.2 Å². The summed E-state index contributed by atoms with van der Waals surface area (Å²) in [6.45, 7) is 3.54. The number of anilines is 1. The van der Waals surface area contributed by atoms with E-state index in [2.05, 4.69) is 16.1 Å². The number of carbonyl (C=O) groups is 2. The topological polar surface area (TPSA) is 46.6 Å². The van der Waals surface area contributed by atoms with Crippen LogP contribution in [0.15, 0.2) is 24.3 Å². The highest BCUT2D eigenvalue weighted by Gasteiger charge is 2.10. The summed E-state index contributed by atoms with van der Waals surface area (Å²) in [5.41, 5.74) is 1.13. The number of halogens is 1.